The molecule has 0 bridgehead atoms. The number of ketones is 1. The van der Waals surface area contributed by atoms with E-state index in [1.807, 2.05) is 13.8 Å². The second-order valence-electron chi connectivity index (χ2n) is 3.77. The van der Waals surface area contributed by atoms with Gasteiger partial charge in [-0.15, -0.1) is 15.0 Å². The number of nitrogens with zero attached hydrogens (tertiary/aromatic N) is 4. The molecule has 6 heteroatoms. The van der Waals surface area contributed by atoms with Gasteiger partial charge in [0, 0.05) is 12.0 Å². The molecule has 0 amide bonds. The smallest absolute Gasteiger partial charge is 0.208 e. The van der Waals surface area contributed by atoms with Crippen LogP contribution in [0.2, 0.25) is 0 Å². The quantitative estimate of drug-likeness (QED) is 0.753. The Kier molecular flexibility index (Phi) is 3.66. The van der Waals surface area contributed by atoms with E-state index < -0.39 is 0 Å². The van der Waals surface area contributed by atoms with Crippen molar-refractivity contribution >= 4 is 5.78 Å². The SMILES string of the molecule is CCC(=O)c1ccc(OC(C)n2ncnn2)cc1. The summed E-state index contributed by atoms with van der Waals surface area (Å²) < 4.78 is 5.61. The van der Waals surface area contributed by atoms with Crippen molar-refractivity contribution < 1.29 is 9.53 Å². The van der Waals surface area contributed by atoms with Crippen LogP contribution in [-0.4, -0.2) is 26.0 Å². The number of aromatic nitrogens is 4. The van der Waals surface area contributed by atoms with Gasteiger partial charge in [-0.1, -0.05) is 6.92 Å². The van der Waals surface area contributed by atoms with Crippen LogP contribution < -0.4 is 4.74 Å². The van der Waals surface area contributed by atoms with Crippen LogP contribution in [0.4, 0.5) is 0 Å². The minimum absolute atomic E-state index is 0.118. The van der Waals surface area contributed by atoms with Gasteiger partial charge in [0.25, 0.3) is 0 Å². The molecule has 18 heavy (non-hydrogen) atoms. The lowest BCUT2D eigenvalue weighted by atomic mass is 10.1. The summed E-state index contributed by atoms with van der Waals surface area (Å²) in [4.78, 5) is 12.8. The third kappa shape index (κ3) is 2.71. The Morgan fingerprint density at radius 3 is 2.67 bits per heavy atom. The van der Waals surface area contributed by atoms with Gasteiger partial charge in [-0.05, 0) is 36.4 Å². The summed E-state index contributed by atoms with van der Waals surface area (Å²) in [6.45, 7) is 3.65. The van der Waals surface area contributed by atoms with Crippen LogP contribution in [-0.2, 0) is 0 Å². The molecule has 0 saturated heterocycles. The maximum atomic E-state index is 11.5. The van der Waals surface area contributed by atoms with E-state index in [1.54, 1.807) is 24.3 Å². The lowest BCUT2D eigenvalue weighted by molar-refractivity contribution is 0.0988. The molecular weight excluding hydrogens is 232 g/mol. The molecule has 94 valence electrons. The zero-order chi connectivity index (χ0) is 13.0. The highest BCUT2D eigenvalue weighted by Gasteiger charge is 2.08. The van der Waals surface area contributed by atoms with E-state index in [1.165, 1.54) is 11.1 Å². The van der Waals surface area contributed by atoms with Crippen molar-refractivity contribution in [1.29, 1.82) is 0 Å². The van der Waals surface area contributed by atoms with E-state index in [-0.39, 0.29) is 12.0 Å². The Morgan fingerprint density at radius 1 is 1.39 bits per heavy atom. The molecule has 1 atom stereocenters. The molecule has 1 unspecified atom stereocenters. The third-order valence-electron chi connectivity index (χ3n) is 2.49. The first-order chi connectivity index (χ1) is 8.70. The molecule has 6 nitrogen and oxygen atoms in total. The number of rotatable bonds is 5. The zero-order valence-electron chi connectivity index (χ0n) is 10.3. The highest BCUT2D eigenvalue weighted by atomic mass is 16.5. The van der Waals surface area contributed by atoms with E-state index in [4.69, 9.17) is 4.74 Å². The van der Waals surface area contributed by atoms with E-state index in [9.17, 15) is 4.79 Å². The average Bonchev–Trinajstić information content (AvgIpc) is 2.92. The van der Waals surface area contributed by atoms with E-state index in [2.05, 4.69) is 15.4 Å². The first-order valence-electron chi connectivity index (χ1n) is 5.73. The van der Waals surface area contributed by atoms with Gasteiger partial charge in [0.05, 0.1) is 0 Å². The maximum Gasteiger partial charge on any atom is 0.208 e. The predicted molar refractivity (Wildman–Crippen MR) is 64.2 cm³/mol. The van der Waals surface area contributed by atoms with Crippen LogP contribution in [0.25, 0.3) is 0 Å². The number of benzene rings is 1. The first kappa shape index (κ1) is 12.2. The van der Waals surface area contributed by atoms with Gasteiger partial charge in [-0.25, -0.2) is 0 Å². The topological polar surface area (TPSA) is 69.9 Å². The molecule has 0 saturated carbocycles. The number of carbonyl (C=O) groups is 1. The average molecular weight is 246 g/mol. The summed E-state index contributed by atoms with van der Waals surface area (Å²) in [5.41, 5.74) is 0.691. The zero-order valence-corrected chi connectivity index (χ0v) is 10.3. The molecule has 0 spiro atoms. The van der Waals surface area contributed by atoms with Crippen molar-refractivity contribution in [1.82, 2.24) is 20.2 Å². The first-order valence-corrected chi connectivity index (χ1v) is 5.73. The van der Waals surface area contributed by atoms with E-state index in [0.29, 0.717) is 17.7 Å². The van der Waals surface area contributed by atoms with Gasteiger partial charge < -0.3 is 4.74 Å². The molecule has 0 radical (unpaired) electrons. The predicted octanol–water partition coefficient (Wildman–Crippen LogP) is 1.86. The highest BCUT2D eigenvalue weighted by molar-refractivity contribution is 5.95. The molecule has 2 rings (SSSR count). The summed E-state index contributed by atoms with van der Waals surface area (Å²) in [5.74, 6) is 0.778. The van der Waals surface area contributed by atoms with Crippen LogP contribution in [0, 0.1) is 0 Å². The minimum atomic E-state index is -0.347. The molecule has 0 N–H and O–H groups in total. The Labute approximate surface area is 105 Å². The second-order valence-corrected chi connectivity index (χ2v) is 3.77. The molecule has 1 heterocycles. The molecule has 0 aliphatic heterocycles. The lowest BCUT2D eigenvalue weighted by Crippen LogP contribution is -2.15. The molecule has 1 aromatic heterocycles. The fraction of sp³-hybridized carbons (Fsp3) is 0.333. The number of carbonyl (C=O) groups excluding carboxylic acids is 1. The van der Waals surface area contributed by atoms with Crippen LogP contribution in [0.15, 0.2) is 30.6 Å². The van der Waals surface area contributed by atoms with Gasteiger partial charge in [-0.2, -0.15) is 0 Å². The van der Waals surface area contributed by atoms with E-state index >= 15 is 0 Å². The summed E-state index contributed by atoms with van der Waals surface area (Å²) in [5, 5.41) is 11.2. The largest absolute Gasteiger partial charge is 0.467 e. The maximum absolute atomic E-state index is 11.5. The normalized spacial score (nSPS) is 12.1. The van der Waals surface area contributed by atoms with Crippen LogP contribution in [0.5, 0.6) is 5.75 Å². The molecule has 2 aromatic rings. The molecule has 1 aromatic carbocycles. The van der Waals surface area contributed by atoms with Crippen LogP contribution in [0.1, 0.15) is 36.9 Å². The van der Waals surface area contributed by atoms with Crippen LogP contribution in [0.3, 0.4) is 0 Å². The molecule has 0 fully saturated rings. The molecular formula is C12H14N4O2. The van der Waals surface area contributed by atoms with Crippen molar-refractivity contribution in [2.75, 3.05) is 0 Å². The number of hydrogen-bond donors (Lipinski definition) is 0. The Balaban J connectivity index is 2.04. The van der Waals surface area contributed by atoms with Crippen LogP contribution >= 0.6 is 0 Å². The Hall–Kier alpha value is -2.24. The monoisotopic (exact) mass is 246 g/mol. The van der Waals surface area contributed by atoms with Gasteiger partial charge >= 0.3 is 0 Å². The van der Waals surface area contributed by atoms with Crippen molar-refractivity contribution in [2.45, 2.75) is 26.5 Å². The van der Waals surface area contributed by atoms with Crippen molar-refractivity contribution in [3.63, 3.8) is 0 Å². The summed E-state index contributed by atoms with van der Waals surface area (Å²) in [7, 11) is 0. The number of Topliss-reactive ketones (excluding diaryl/α,β-unsaturated/α-hetero) is 1. The summed E-state index contributed by atoms with van der Waals surface area (Å²) in [6.07, 6.45) is 1.50. The minimum Gasteiger partial charge on any atom is -0.467 e. The summed E-state index contributed by atoms with van der Waals surface area (Å²) >= 11 is 0. The fourth-order valence-corrected chi connectivity index (χ4v) is 1.51. The fourth-order valence-electron chi connectivity index (χ4n) is 1.51. The van der Waals surface area contributed by atoms with Crippen molar-refractivity contribution in [2.24, 2.45) is 0 Å². The van der Waals surface area contributed by atoms with E-state index in [0.717, 1.165) is 0 Å². The Morgan fingerprint density at radius 2 is 2.11 bits per heavy atom. The standard InChI is InChI=1S/C12H14N4O2/c1-3-12(17)10-4-6-11(7-5-10)18-9(2)16-14-8-13-15-16/h4-9H,3H2,1-2H3. The van der Waals surface area contributed by atoms with Crippen molar-refractivity contribution in [3.8, 4) is 5.75 Å². The highest BCUT2D eigenvalue weighted by Crippen LogP contribution is 2.17. The number of tetrazole rings is 1. The third-order valence-corrected chi connectivity index (χ3v) is 2.49. The van der Waals surface area contributed by atoms with Crippen molar-refractivity contribution in [3.05, 3.63) is 36.2 Å². The number of ether oxygens (including phenoxy) is 1. The lowest BCUT2D eigenvalue weighted by Gasteiger charge is -2.13. The van der Waals surface area contributed by atoms with Gasteiger partial charge in [0.15, 0.2) is 12.1 Å². The Bertz CT molecular complexity index is 507. The number of hydrogen-bond acceptors (Lipinski definition) is 5. The second kappa shape index (κ2) is 5.39. The molecule has 0 aliphatic rings. The van der Waals surface area contributed by atoms with Gasteiger partial charge in [0.2, 0.25) is 6.23 Å². The molecule has 0 aliphatic carbocycles. The summed E-state index contributed by atoms with van der Waals surface area (Å²) in [6, 6.07) is 7.03. The van der Waals surface area contributed by atoms with Gasteiger partial charge in [0.1, 0.15) is 5.75 Å². The van der Waals surface area contributed by atoms with Gasteiger partial charge in [-0.3, -0.25) is 4.79 Å².